The fraction of sp³-hybridized carbons (Fsp3) is 0.333. The maximum atomic E-state index is 9.94. The van der Waals surface area contributed by atoms with Crippen molar-refractivity contribution in [1.82, 2.24) is 0 Å². The first kappa shape index (κ1) is 7.08. The number of aldehydes is 1. The molecule has 0 radical (unpaired) electrons. The molecule has 0 fully saturated rings. The van der Waals surface area contributed by atoms with Crippen molar-refractivity contribution in [3.8, 4) is 0 Å². The Morgan fingerprint density at radius 1 is 1.62 bits per heavy atom. The number of carbonyl (C=O) groups is 1. The van der Waals surface area contributed by atoms with E-state index in [1.54, 1.807) is 19.2 Å². The maximum absolute atomic E-state index is 9.94. The average molecular weight is 111 g/mol. The van der Waals surface area contributed by atoms with Gasteiger partial charge in [-0.15, -0.1) is 0 Å². The topological polar surface area (TPSA) is 29.4 Å². The van der Waals surface area contributed by atoms with Gasteiger partial charge in [-0.25, -0.2) is 0 Å². The van der Waals surface area contributed by atoms with Crippen LogP contribution in [-0.2, 0) is 4.79 Å². The number of rotatable bonds is 2. The van der Waals surface area contributed by atoms with Crippen molar-refractivity contribution in [2.24, 2.45) is 4.99 Å². The number of hydrogen-bond donors (Lipinski definition) is 0. The molecule has 0 spiro atoms. The molecule has 8 heavy (non-hydrogen) atoms. The average Bonchev–Trinajstić information content (AvgIpc) is 1.83. The highest BCUT2D eigenvalue weighted by molar-refractivity contribution is 6.33. The molecule has 0 aromatic carbocycles. The van der Waals surface area contributed by atoms with Crippen LogP contribution in [0.4, 0.5) is 0 Å². The van der Waals surface area contributed by atoms with E-state index >= 15 is 0 Å². The molecular weight excluding hydrogens is 102 g/mol. The first-order chi connectivity index (χ1) is 3.85. The second kappa shape index (κ2) is 4.24. The zero-order chi connectivity index (χ0) is 6.41. The van der Waals surface area contributed by atoms with Gasteiger partial charge in [-0.2, -0.15) is 0 Å². The van der Waals surface area contributed by atoms with Crippen molar-refractivity contribution >= 4 is 12.0 Å². The molecular formula is C6H9NO. The van der Waals surface area contributed by atoms with Crippen LogP contribution >= 0.6 is 0 Å². The first-order valence-corrected chi connectivity index (χ1v) is 2.39. The predicted molar refractivity (Wildman–Crippen MR) is 34.2 cm³/mol. The van der Waals surface area contributed by atoms with Crippen LogP contribution in [0.5, 0.6) is 0 Å². The Bertz CT molecular complexity index is 124. The Kier molecular flexibility index (Phi) is 3.76. The van der Waals surface area contributed by atoms with Crippen molar-refractivity contribution < 1.29 is 4.79 Å². The van der Waals surface area contributed by atoms with Crippen LogP contribution in [0.3, 0.4) is 0 Å². The van der Waals surface area contributed by atoms with Gasteiger partial charge >= 0.3 is 0 Å². The van der Waals surface area contributed by atoms with Crippen LogP contribution in [0.2, 0.25) is 0 Å². The molecule has 0 aliphatic carbocycles. The van der Waals surface area contributed by atoms with E-state index in [-0.39, 0.29) is 0 Å². The molecule has 0 aromatic heterocycles. The van der Waals surface area contributed by atoms with Crippen molar-refractivity contribution in [1.29, 1.82) is 0 Å². The molecule has 0 bridgehead atoms. The van der Waals surface area contributed by atoms with Gasteiger partial charge in [-0.1, -0.05) is 6.08 Å². The molecule has 2 heteroatoms. The zero-order valence-electron chi connectivity index (χ0n) is 5.09. The molecule has 0 heterocycles. The summed E-state index contributed by atoms with van der Waals surface area (Å²) in [6.45, 7) is 1.84. The smallest absolute Gasteiger partial charge is 0.167 e. The van der Waals surface area contributed by atoms with Gasteiger partial charge in [0.25, 0.3) is 0 Å². The predicted octanol–water partition coefficient (Wildman–Crippen LogP) is 0.832. The van der Waals surface area contributed by atoms with E-state index in [4.69, 9.17) is 0 Å². The van der Waals surface area contributed by atoms with E-state index in [0.29, 0.717) is 5.71 Å². The van der Waals surface area contributed by atoms with E-state index in [9.17, 15) is 4.79 Å². The quantitative estimate of drug-likeness (QED) is 0.383. The third-order valence-electron chi connectivity index (χ3n) is 0.716. The zero-order valence-corrected chi connectivity index (χ0v) is 5.09. The second-order valence-corrected chi connectivity index (χ2v) is 1.27. The highest BCUT2D eigenvalue weighted by atomic mass is 16.1. The maximum Gasteiger partial charge on any atom is 0.167 e. The van der Waals surface area contributed by atoms with Crippen molar-refractivity contribution in [3.63, 3.8) is 0 Å². The minimum Gasteiger partial charge on any atom is -0.296 e. The highest BCUT2D eigenvalue weighted by Gasteiger charge is 1.81. The SMILES string of the molecule is C/C=C\C(C=O)=NC. The lowest BCUT2D eigenvalue weighted by molar-refractivity contribution is -0.102. The van der Waals surface area contributed by atoms with Gasteiger partial charge in [-0.3, -0.25) is 9.79 Å². The van der Waals surface area contributed by atoms with Crippen molar-refractivity contribution in [2.45, 2.75) is 6.92 Å². The van der Waals surface area contributed by atoms with Gasteiger partial charge in [0.15, 0.2) is 6.29 Å². The molecule has 2 nitrogen and oxygen atoms in total. The minimum atomic E-state index is 0.479. The lowest BCUT2D eigenvalue weighted by Crippen LogP contribution is -1.92. The summed E-state index contributed by atoms with van der Waals surface area (Å²) in [7, 11) is 1.59. The molecule has 0 amide bonds. The summed E-state index contributed by atoms with van der Waals surface area (Å²) < 4.78 is 0. The number of allylic oxidation sites excluding steroid dienone is 2. The fourth-order valence-corrected chi connectivity index (χ4v) is 0.337. The van der Waals surface area contributed by atoms with Gasteiger partial charge in [0, 0.05) is 7.05 Å². The van der Waals surface area contributed by atoms with Gasteiger partial charge in [0.2, 0.25) is 0 Å². The summed E-state index contributed by atoms with van der Waals surface area (Å²) in [5, 5.41) is 0. The van der Waals surface area contributed by atoms with Crippen LogP contribution < -0.4 is 0 Å². The summed E-state index contributed by atoms with van der Waals surface area (Å²) in [6, 6.07) is 0. The number of aliphatic imine (C=N–C) groups is 1. The highest BCUT2D eigenvalue weighted by Crippen LogP contribution is 1.74. The van der Waals surface area contributed by atoms with Crippen LogP contribution in [0, 0.1) is 0 Å². The number of hydrogen-bond acceptors (Lipinski definition) is 2. The first-order valence-electron chi connectivity index (χ1n) is 2.39. The Balaban J connectivity index is 3.91. The molecule has 0 atom stereocenters. The Morgan fingerprint density at radius 2 is 2.25 bits per heavy atom. The second-order valence-electron chi connectivity index (χ2n) is 1.27. The monoisotopic (exact) mass is 111 g/mol. The normalized spacial score (nSPS) is 12.5. The molecule has 0 aromatic rings. The largest absolute Gasteiger partial charge is 0.296 e. The molecule has 0 N–H and O–H groups in total. The lowest BCUT2D eigenvalue weighted by atomic mass is 10.4. The fourth-order valence-electron chi connectivity index (χ4n) is 0.337. The summed E-state index contributed by atoms with van der Waals surface area (Å²) in [5.41, 5.74) is 0.479. The van der Waals surface area contributed by atoms with E-state index in [1.807, 2.05) is 6.92 Å². The third kappa shape index (κ3) is 2.29. The lowest BCUT2D eigenvalue weighted by Gasteiger charge is -1.79. The van der Waals surface area contributed by atoms with Crippen LogP contribution in [0.25, 0.3) is 0 Å². The minimum absolute atomic E-state index is 0.479. The Morgan fingerprint density at radius 3 is 2.38 bits per heavy atom. The summed E-state index contributed by atoms with van der Waals surface area (Å²) in [4.78, 5) is 13.6. The van der Waals surface area contributed by atoms with Gasteiger partial charge in [-0.05, 0) is 13.0 Å². The standard InChI is InChI=1S/C6H9NO/c1-3-4-6(5-8)7-2/h3-5H,1-2H3/b4-3-,7-6?. The van der Waals surface area contributed by atoms with E-state index in [1.165, 1.54) is 0 Å². The molecule has 0 aliphatic heterocycles. The molecule has 0 saturated carbocycles. The molecule has 44 valence electrons. The van der Waals surface area contributed by atoms with Crippen molar-refractivity contribution in [2.75, 3.05) is 7.05 Å². The van der Waals surface area contributed by atoms with E-state index in [2.05, 4.69) is 4.99 Å². The van der Waals surface area contributed by atoms with E-state index in [0.717, 1.165) is 6.29 Å². The Labute approximate surface area is 48.9 Å². The molecule has 0 aliphatic rings. The van der Waals surface area contributed by atoms with Crippen molar-refractivity contribution in [3.05, 3.63) is 12.2 Å². The summed E-state index contributed by atoms with van der Waals surface area (Å²) in [6.07, 6.45) is 4.16. The Hall–Kier alpha value is -0.920. The molecule has 0 rings (SSSR count). The van der Waals surface area contributed by atoms with E-state index < -0.39 is 0 Å². The van der Waals surface area contributed by atoms with Crippen LogP contribution in [0.15, 0.2) is 17.1 Å². The number of nitrogens with zero attached hydrogens (tertiary/aromatic N) is 1. The van der Waals surface area contributed by atoms with Gasteiger partial charge < -0.3 is 0 Å². The number of carbonyl (C=O) groups excluding carboxylic acids is 1. The third-order valence-corrected chi connectivity index (χ3v) is 0.716. The van der Waals surface area contributed by atoms with Crippen LogP contribution in [-0.4, -0.2) is 19.0 Å². The van der Waals surface area contributed by atoms with Crippen LogP contribution in [0.1, 0.15) is 6.92 Å². The molecule has 0 saturated heterocycles. The van der Waals surface area contributed by atoms with Gasteiger partial charge in [0.1, 0.15) is 0 Å². The summed E-state index contributed by atoms with van der Waals surface area (Å²) in [5.74, 6) is 0. The van der Waals surface area contributed by atoms with Gasteiger partial charge in [0.05, 0.1) is 5.71 Å². The molecule has 0 unspecified atom stereocenters. The summed E-state index contributed by atoms with van der Waals surface area (Å²) >= 11 is 0.